The zero-order valence-corrected chi connectivity index (χ0v) is 7.58. The Morgan fingerprint density at radius 3 is 3.15 bits per heavy atom. The van der Waals surface area contributed by atoms with Gasteiger partial charge in [-0.05, 0) is 12.1 Å². The lowest BCUT2D eigenvalue weighted by Gasteiger charge is -1.91. The number of hydrogen-bond donors (Lipinski definition) is 1. The van der Waals surface area contributed by atoms with E-state index in [1.54, 1.807) is 0 Å². The molecule has 1 aromatic carbocycles. The maximum absolute atomic E-state index is 5.09. The fourth-order valence-corrected chi connectivity index (χ4v) is 1.52. The smallest absolute Gasteiger partial charge is 0.167 e. The van der Waals surface area contributed by atoms with E-state index < -0.39 is 0 Å². The molecule has 0 radical (unpaired) electrons. The van der Waals surface area contributed by atoms with Gasteiger partial charge < -0.3 is 4.52 Å². The Morgan fingerprint density at radius 1 is 1.46 bits per heavy atom. The average Bonchev–Trinajstić information content (AvgIpc) is 2.58. The van der Waals surface area contributed by atoms with Crippen LogP contribution in [-0.2, 0) is 10.0 Å². The zero-order valence-electron chi connectivity index (χ0n) is 6.77. The normalized spacial score (nSPS) is 10.8. The van der Waals surface area contributed by atoms with E-state index >= 15 is 0 Å². The number of aromatic nitrogens is 1. The third-order valence-corrected chi connectivity index (χ3v) is 2.24. The number of hydrogen-bond acceptors (Lipinski definition) is 5. The molecule has 68 valence electrons. The van der Waals surface area contributed by atoms with E-state index in [-0.39, 0.29) is 0 Å². The molecule has 0 aliphatic heterocycles. The Balaban J connectivity index is 2.35. The van der Waals surface area contributed by atoms with E-state index in [1.807, 2.05) is 24.3 Å². The van der Waals surface area contributed by atoms with Crippen LogP contribution in [0.1, 0.15) is 5.69 Å². The summed E-state index contributed by atoms with van der Waals surface area (Å²) in [6.45, 7) is 0. The van der Waals surface area contributed by atoms with E-state index in [0.29, 0.717) is 5.75 Å². The van der Waals surface area contributed by atoms with Crippen molar-refractivity contribution in [3.05, 3.63) is 30.0 Å². The maximum atomic E-state index is 5.09. The largest absolute Gasteiger partial charge is 0.356 e. The van der Waals surface area contributed by atoms with Gasteiger partial charge in [0, 0.05) is 17.4 Å². The lowest BCUT2D eigenvalue weighted by molar-refractivity contribution is 0.396. The first-order valence-corrected chi connectivity index (χ1v) is 4.64. The molecule has 13 heavy (non-hydrogen) atoms. The number of para-hydroxylation sites is 1. The molecule has 0 bridgehead atoms. The fourth-order valence-electron chi connectivity index (χ4n) is 1.13. The molecule has 2 aromatic rings. The van der Waals surface area contributed by atoms with Crippen molar-refractivity contribution in [2.45, 2.75) is 5.75 Å². The van der Waals surface area contributed by atoms with E-state index in [9.17, 15) is 0 Å². The lowest BCUT2D eigenvalue weighted by Crippen LogP contribution is -1.89. The van der Waals surface area contributed by atoms with Crippen molar-refractivity contribution in [3.8, 4) is 0 Å². The van der Waals surface area contributed by atoms with Crippen molar-refractivity contribution in [2.24, 2.45) is 5.90 Å². The summed E-state index contributed by atoms with van der Waals surface area (Å²) in [5, 5.41) is 4.91. The van der Waals surface area contributed by atoms with E-state index in [4.69, 9.17) is 10.4 Å². The monoisotopic (exact) mass is 196 g/mol. The molecule has 0 unspecified atom stereocenters. The van der Waals surface area contributed by atoms with Crippen LogP contribution in [0.4, 0.5) is 0 Å². The molecule has 2 rings (SSSR count). The van der Waals surface area contributed by atoms with Crippen LogP contribution < -0.4 is 5.90 Å². The van der Waals surface area contributed by atoms with E-state index in [0.717, 1.165) is 28.7 Å². The van der Waals surface area contributed by atoms with Crippen molar-refractivity contribution >= 4 is 23.0 Å². The number of nitrogens with zero attached hydrogens (tertiary/aromatic N) is 1. The topological polar surface area (TPSA) is 61.3 Å². The molecule has 5 heteroatoms. The van der Waals surface area contributed by atoms with Gasteiger partial charge >= 0.3 is 0 Å². The summed E-state index contributed by atoms with van der Waals surface area (Å²) in [5.74, 6) is 5.48. The van der Waals surface area contributed by atoms with Gasteiger partial charge in [0.05, 0.1) is 5.75 Å². The summed E-state index contributed by atoms with van der Waals surface area (Å²) >= 11 is 1.14. The number of rotatable bonds is 3. The average molecular weight is 196 g/mol. The van der Waals surface area contributed by atoms with Gasteiger partial charge in [0.2, 0.25) is 0 Å². The van der Waals surface area contributed by atoms with Crippen LogP contribution >= 0.6 is 12.0 Å². The van der Waals surface area contributed by atoms with Gasteiger partial charge in [0.1, 0.15) is 5.69 Å². The second-order valence-electron chi connectivity index (χ2n) is 2.48. The standard InChI is InChI=1S/C8H8N2O2S/c9-12-13-5-7-6-3-1-2-4-8(6)11-10-7/h1-4H,5,9H2. The van der Waals surface area contributed by atoms with Gasteiger partial charge in [0.15, 0.2) is 5.58 Å². The van der Waals surface area contributed by atoms with Gasteiger partial charge in [-0.3, -0.25) is 0 Å². The van der Waals surface area contributed by atoms with Crippen molar-refractivity contribution in [1.82, 2.24) is 5.16 Å². The van der Waals surface area contributed by atoms with E-state index in [2.05, 4.69) is 9.44 Å². The van der Waals surface area contributed by atoms with Crippen molar-refractivity contribution < 1.29 is 8.81 Å². The first kappa shape index (κ1) is 8.55. The summed E-state index contributed by atoms with van der Waals surface area (Å²) in [4.78, 5) is 0. The summed E-state index contributed by atoms with van der Waals surface area (Å²) in [7, 11) is 0. The maximum Gasteiger partial charge on any atom is 0.167 e. The molecule has 2 N–H and O–H groups in total. The molecule has 0 amide bonds. The van der Waals surface area contributed by atoms with Crippen molar-refractivity contribution in [2.75, 3.05) is 0 Å². The molecule has 1 heterocycles. The molecule has 0 saturated heterocycles. The molecule has 0 spiro atoms. The second kappa shape index (κ2) is 3.78. The predicted octanol–water partition coefficient (Wildman–Crippen LogP) is 1.87. The minimum absolute atomic E-state index is 0.591. The number of nitrogens with two attached hydrogens (primary N) is 1. The Morgan fingerprint density at radius 2 is 2.31 bits per heavy atom. The number of fused-ring (bicyclic) bond motifs is 1. The third kappa shape index (κ3) is 1.67. The van der Waals surface area contributed by atoms with Gasteiger partial charge in [-0.25, -0.2) is 10.2 Å². The highest BCUT2D eigenvalue weighted by atomic mass is 32.2. The minimum atomic E-state index is 0.591. The van der Waals surface area contributed by atoms with E-state index in [1.165, 1.54) is 0 Å². The molecule has 0 aliphatic carbocycles. The first-order chi connectivity index (χ1) is 6.42. The van der Waals surface area contributed by atoms with Crippen molar-refractivity contribution in [1.29, 1.82) is 0 Å². The lowest BCUT2D eigenvalue weighted by atomic mass is 10.2. The third-order valence-electron chi connectivity index (χ3n) is 1.72. The summed E-state index contributed by atoms with van der Waals surface area (Å²) < 4.78 is 9.49. The molecule has 0 saturated carbocycles. The highest BCUT2D eigenvalue weighted by Crippen LogP contribution is 2.21. The summed E-state index contributed by atoms with van der Waals surface area (Å²) in [6.07, 6.45) is 0. The predicted molar refractivity (Wildman–Crippen MR) is 50.6 cm³/mol. The van der Waals surface area contributed by atoms with Crippen LogP contribution in [0.2, 0.25) is 0 Å². The van der Waals surface area contributed by atoms with Gasteiger partial charge in [-0.1, -0.05) is 17.3 Å². The Kier molecular flexibility index (Phi) is 2.49. The molecule has 4 nitrogen and oxygen atoms in total. The SMILES string of the molecule is NOSCc1noc2ccccc12. The highest BCUT2D eigenvalue weighted by Gasteiger charge is 2.06. The van der Waals surface area contributed by atoms with Crippen LogP contribution in [0.5, 0.6) is 0 Å². The van der Waals surface area contributed by atoms with Crippen molar-refractivity contribution in [3.63, 3.8) is 0 Å². The fraction of sp³-hybridized carbons (Fsp3) is 0.125. The van der Waals surface area contributed by atoms with Gasteiger partial charge in [-0.15, -0.1) is 0 Å². The molecular formula is C8H8N2O2S. The highest BCUT2D eigenvalue weighted by molar-refractivity contribution is 7.93. The van der Waals surface area contributed by atoms with Crippen LogP contribution in [0.25, 0.3) is 11.0 Å². The van der Waals surface area contributed by atoms with Crippen LogP contribution in [-0.4, -0.2) is 5.16 Å². The number of benzene rings is 1. The molecule has 0 atom stereocenters. The van der Waals surface area contributed by atoms with Crippen LogP contribution in [0.3, 0.4) is 0 Å². The van der Waals surface area contributed by atoms with Crippen LogP contribution in [0, 0.1) is 0 Å². The quantitative estimate of drug-likeness (QED) is 0.599. The summed E-state index contributed by atoms with van der Waals surface area (Å²) in [6, 6.07) is 7.68. The minimum Gasteiger partial charge on any atom is -0.356 e. The summed E-state index contributed by atoms with van der Waals surface area (Å²) in [5.41, 5.74) is 1.64. The second-order valence-corrected chi connectivity index (χ2v) is 3.20. The first-order valence-electron chi connectivity index (χ1n) is 3.73. The molecule has 1 aromatic heterocycles. The Hall–Kier alpha value is -1.04. The Bertz CT molecular complexity index is 402. The van der Waals surface area contributed by atoms with Gasteiger partial charge in [-0.2, -0.15) is 0 Å². The molecule has 0 aliphatic rings. The Labute approximate surface area is 79.2 Å². The molecule has 0 fully saturated rings. The zero-order chi connectivity index (χ0) is 9.10. The van der Waals surface area contributed by atoms with Gasteiger partial charge in [0.25, 0.3) is 0 Å². The van der Waals surface area contributed by atoms with Crippen LogP contribution in [0.15, 0.2) is 28.8 Å². The molecular weight excluding hydrogens is 188 g/mol.